The van der Waals surface area contributed by atoms with E-state index in [1.807, 2.05) is 6.92 Å². The summed E-state index contributed by atoms with van der Waals surface area (Å²) in [6, 6.07) is 0.999. The number of rotatable bonds is 2. The predicted molar refractivity (Wildman–Crippen MR) is 66.3 cm³/mol. The molecule has 0 fully saturated rings. The normalized spacial score (nSPS) is 11.0. The van der Waals surface area contributed by atoms with Crippen molar-refractivity contribution in [1.29, 1.82) is 0 Å². The van der Waals surface area contributed by atoms with Crippen molar-refractivity contribution in [2.75, 3.05) is 0 Å². The largest absolute Gasteiger partial charge is 0.417 e. The SMILES string of the molecule is CCC#CCn1ncc(-c2cncc(C(F)(F)F)c2)n1. The van der Waals surface area contributed by atoms with Gasteiger partial charge in [0.15, 0.2) is 0 Å². The molecule has 0 saturated heterocycles. The third-order valence-electron chi connectivity index (χ3n) is 2.42. The van der Waals surface area contributed by atoms with Gasteiger partial charge in [-0.3, -0.25) is 4.98 Å². The Hall–Kier alpha value is -2.36. The molecular formula is C13H11F3N4. The molecule has 2 aromatic rings. The van der Waals surface area contributed by atoms with Gasteiger partial charge in [0.05, 0.1) is 11.8 Å². The second-order valence-electron chi connectivity index (χ2n) is 3.93. The third-order valence-corrected chi connectivity index (χ3v) is 2.42. The summed E-state index contributed by atoms with van der Waals surface area (Å²) in [7, 11) is 0. The van der Waals surface area contributed by atoms with Gasteiger partial charge >= 0.3 is 6.18 Å². The lowest BCUT2D eigenvalue weighted by atomic mass is 10.1. The van der Waals surface area contributed by atoms with Crippen LogP contribution < -0.4 is 0 Å². The Morgan fingerprint density at radius 3 is 2.70 bits per heavy atom. The molecule has 20 heavy (non-hydrogen) atoms. The molecule has 0 saturated carbocycles. The van der Waals surface area contributed by atoms with E-state index in [1.54, 1.807) is 0 Å². The zero-order valence-corrected chi connectivity index (χ0v) is 10.6. The Morgan fingerprint density at radius 1 is 1.20 bits per heavy atom. The summed E-state index contributed by atoms with van der Waals surface area (Å²) in [5, 5.41) is 8.02. The zero-order valence-electron chi connectivity index (χ0n) is 10.6. The van der Waals surface area contributed by atoms with Crippen LogP contribution in [0.2, 0.25) is 0 Å². The monoisotopic (exact) mass is 280 g/mol. The number of pyridine rings is 1. The van der Waals surface area contributed by atoms with Crippen LogP contribution in [-0.2, 0) is 12.7 Å². The van der Waals surface area contributed by atoms with Crippen molar-refractivity contribution < 1.29 is 13.2 Å². The van der Waals surface area contributed by atoms with Gasteiger partial charge in [-0.15, -0.1) is 5.92 Å². The average Bonchev–Trinajstić information content (AvgIpc) is 2.87. The van der Waals surface area contributed by atoms with Crippen LogP contribution in [0.15, 0.2) is 24.7 Å². The molecule has 0 aliphatic carbocycles. The summed E-state index contributed by atoms with van der Waals surface area (Å²) in [5.74, 6) is 5.71. The van der Waals surface area contributed by atoms with Gasteiger partial charge < -0.3 is 0 Å². The van der Waals surface area contributed by atoms with Gasteiger partial charge in [0.2, 0.25) is 0 Å². The Morgan fingerprint density at radius 2 is 2.00 bits per heavy atom. The summed E-state index contributed by atoms with van der Waals surface area (Å²) >= 11 is 0. The van der Waals surface area contributed by atoms with Gasteiger partial charge in [0.1, 0.15) is 12.2 Å². The molecular weight excluding hydrogens is 269 g/mol. The molecule has 4 nitrogen and oxygen atoms in total. The summed E-state index contributed by atoms with van der Waals surface area (Å²) < 4.78 is 37.8. The van der Waals surface area contributed by atoms with E-state index in [4.69, 9.17) is 0 Å². The molecule has 0 spiro atoms. The standard InChI is InChI=1S/C13H11F3N4/c1-2-3-4-5-20-18-9-12(19-20)10-6-11(8-17-7-10)13(14,15)16/h6-9H,2,5H2,1H3. The smallest absolute Gasteiger partial charge is 0.263 e. The highest BCUT2D eigenvalue weighted by Gasteiger charge is 2.31. The van der Waals surface area contributed by atoms with Crippen LogP contribution in [0.1, 0.15) is 18.9 Å². The lowest BCUT2D eigenvalue weighted by Gasteiger charge is -2.06. The summed E-state index contributed by atoms with van der Waals surface area (Å²) in [4.78, 5) is 4.92. The van der Waals surface area contributed by atoms with E-state index in [9.17, 15) is 13.2 Å². The molecule has 0 atom stereocenters. The first-order valence-electron chi connectivity index (χ1n) is 5.89. The van der Waals surface area contributed by atoms with E-state index in [2.05, 4.69) is 27.0 Å². The highest BCUT2D eigenvalue weighted by atomic mass is 19.4. The van der Waals surface area contributed by atoms with Crippen LogP contribution in [-0.4, -0.2) is 20.0 Å². The molecule has 0 amide bonds. The minimum absolute atomic E-state index is 0.273. The molecule has 0 N–H and O–H groups in total. The fourth-order valence-electron chi connectivity index (χ4n) is 1.49. The maximum Gasteiger partial charge on any atom is 0.417 e. The minimum atomic E-state index is -4.42. The average molecular weight is 280 g/mol. The number of hydrogen-bond acceptors (Lipinski definition) is 3. The second kappa shape index (κ2) is 5.74. The minimum Gasteiger partial charge on any atom is -0.263 e. The quantitative estimate of drug-likeness (QED) is 0.794. The Kier molecular flexibility index (Phi) is 4.03. The first kappa shape index (κ1) is 14.1. The van der Waals surface area contributed by atoms with Crippen LogP contribution in [0.3, 0.4) is 0 Å². The Balaban J connectivity index is 2.24. The highest BCUT2D eigenvalue weighted by molar-refractivity contribution is 5.57. The predicted octanol–water partition coefficient (Wildman–Crippen LogP) is 2.77. The van der Waals surface area contributed by atoms with Crippen LogP contribution in [0.4, 0.5) is 13.2 Å². The van der Waals surface area contributed by atoms with Gasteiger partial charge in [-0.25, -0.2) is 0 Å². The van der Waals surface area contributed by atoms with E-state index in [0.717, 1.165) is 18.7 Å². The number of halogens is 3. The summed E-state index contributed by atoms with van der Waals surface area (Å²) in [5.41, 5.74) is -0.202. The Labute approximate surface area is 113 Å². The maximum atomic E-state index is 12.6. The second-order valence-corrected chi connectivity index (χ2v) is 3.93. The summed E-state index contributed by atoms with van der Waals surface area (Å²) in [6.45, 7) is 2.23. The molecule has 104 valence electrons. The van der Waals surface area contributed by atoms with E-state index in [0.29, 0.717) is 12.2 Å². The molecule has 7 heteroatoms. The maximum absolute atomic E-state index is 12.6. The van der Waals surface area contributed by atoms with Crippen LogP contribution in [0, 0.1) is 11.8 Å². The van der Waals surface area contributed by atoms with Gasteiger partial charge in [-0.05, 0) is 6.07 Å². The van der Waals surface area contributed by atoms with Crippen molar-refractivity contribution in [1.82, 2.24) is 20.0 Å². The van der Waals surface area contributed by atoms with Crippen LogP contribution in [0.5, 0.6) is 0 Å². The molecule has 0 radical (unpaired) electrons. The first-order valence-corrected chi connectivity index (χ1v) is 5.89. The van der Waals surface area contributed by atoms with Crippen molar-refractivity contribution in [3.8, 4) is 23.1 Å². The third kappa shape index (κ3) is 3.35. The molecule has 0 unspecified atom stereocenters. The topological polar surface area (TPSA) is 43.6 Å². The van der Waals surface area contributed by atoms with Gasteiger partial charge in [-0.1, -0.05) is 12.8 Å². The van der Waals surface area contributed by atoms with E-state index in [-0.39, 0.29) is 5.56 Å². The molecule has 2 rings (SSSR count). The number of alkyl halides is 3. The van der Waals surface area contributed by atoms with Crippen molar-refractivity contribution in [2.24, 2.45) is 0 Å². The fourth-order valence-corrected chi connectivity index (χ4v) is 1.49. The van der Waals surface area contributed by atoms with Crippen molar-refractivity contribution >= 4 is 0 Å². The van der Waals surface area contributed by atoms with E-state index in [1.165, 1.54) is 17.2 Å². The molecule has 0 aliphatic heterocycles. The van der Waals surface area contributed by atoms with Crippen molar-refractivity contribution in [3.63, 3.8) is 0 Å². The van der Waals surface area contributed by atoms with Crippen LogP contribution >= 0.6 is 0 Å². The highest BCUT2D eigenvalue weighted by Crippen LogP contribution is 2.30. The summed E-state index contributed by atoms with van der Waals surface area (Å²) in [6.07, 6.45) is -0.204. The number of nitrogens with zero attached hydrogens (tertiary/aromatic N) is 4. The molecule has 0 aliphatic rings. The van der Waals surface area contributed by atoms with E-state index < -0.39 is 11.7 Å². The molecule has 2 heterocycles. The lowest BCUT2D eigenvalue weighted by molar-refractivity contribution is -0.137. The first-order chi connectivity index (χ1) is 9.50. The zero-order chi connectivity index (χ0) is 14.6. The van der Waals surface area contributed by atoms with Gasteiger partial charge in [0, 0.05) is 24.4 Å². The van der Waals surface area contributed by atoms with Gasteiger partial charge in [-0.2, -0.15) is 28.2 Å². The number of aromatic nitrogens is 4. The molecule has 0 aromatic carbocycles. The van der Waals surface area contributed by atoms with E-state index >= 15 is 0 Å². The molecule has 2 aromatic heterocycles. The van der Waals surface area contributed by atoms with Crippen molar-refractivity contribution in [3.05, 3.63) is 30.2 Å². The van der Waals surface area contributed by atoms with Crippen LogP contribution in [0.25, 0.3) is 11.3 Å². The van der Waals surface area contributed by atoms with Gasteiger partial charge in [0.25, 0.3) is 0 Å². The fraction of sp³-hybridized carbons (Fsp3) is 0.308. The lowest BCUT2D eigenvalue weighted by Crippen LogP contribution is -2.05. The molecule has 0 bridgehead atoms. The van der Waals surface area contributed by atoms with Crippen molar-refractivity contribution in [2.45, 2.75) is 26.1 Å². The number of hydrogen-bond donors (Lipinski definition) is 0. The Bertz CT molecular complexity index is 649.